The van der Waals surface area contributed by atoms with Gasteiger partial charge < -0.3 is 0 Å². The Kier molecular flexibility index (Phi) is 4.64. The molecule has 1 aliphatic rings. The molecule has 78 valence electrons. The summed E-state index contributed by atoms with van der Waals surface area (Å²) in [5.41, 5.74) is 0. The maximum atomic E-state index is 11.5. The summed E-state index contributed by atoms with van der Waals surface area (Å²) in [6.07, 6.45) is 12.9. The molecule has 0 spiro atoms. The van der Waals surface area contributed by atoms with Crippen molar-refractivity contribution in [2.75, 3.05) is 0 Å². The van der Waals surface area contributed by atoms with E-state index in [0.717, 1.165) is 19.3 Å². The van der Waals surface area contributed by atoms with Gasteiger partial charge in [0.25, 0.3) is 0 Å². The van der Waals surface area contributed by atoms with E-state index in [1.807, 2.05) is 0 Å². The maximum absolute atomic E-state index is 11.5. The second kappa shape index (κ2) is 5.79. The third-order valence-corrected chi connectivity index (χ3v) is 2.92. The Hall–Kier alpha value is -0.850. The largest absolute Gasteiger partial charge is 0.300 e. The van der Waals surface area contributed by atoms with Gasteiger partial charge in [-0.2, -0.15) is 0 Å². The number of carbonyl (C=O) groups is 1. The van der Waals surface area contributed by atoms with E-state index >= 15 is 0 Å². The molecule has 0 aromatic heterocycles. The Labute approximate surface area is 86.9 Å². The van der Waals surface area contributed by atoms with Crippen molar-refractivity contribution in [1.82, 2.24) is 0 Å². The highest BCUT2D eigenvalue weighted by Crippen LogP contribution is 2.26. The van der Waals surface area contributed by atoms with Gasteiger partial charge in [0, 0.05) is 5.92 Å². The van der Waals surface area contributed by atoms with Gasteiger partial charge in [0.2, 0.25) is 0 Å². The summed E-state index contributed by atoms with van der Waals surface area (Å²) in [6, 6.07) is 0. The minimum absolute atomic E-state index is 0.246. The van der Waals surface area contributed by atoms with Crippen molar-refractivity contribution in [1.29, 1.82) is 0 Å². The molecule has 0 saturated carbocycles. The fraction of sp³-hybridized carbons (Fsp3) is 0.615. The van der Waals surface area contributed by atoms with E-state index in [2.05, 4.69) is 31.2 Å². The van der Waals surface area contributed by atoms with E-state index in [1.54, 1.807) is 6.92 Å². The molecule has 0 aliphatic heterocycles. The zero-order valence-corrected chi connectivity index (χ0v) is 9.20. The molecule has 1 nitrogen and oxygen atoms in total. The van der Waals surface area contributed by atoms with Crippen LogP contribution in [-0.2, 0) is 4.79 Å². The van der Waals surface area contributed by atoms with Crippen LogP contribution in [0, 0.1) is 11.8 Å². The van der Waals surface area contributed by atoms with Crippen molar-refractivity contribution in [3.05, 3.63) is 24.3 Å². The summed E-state index contributed by atoms with van der Waals surface area (Å²) < 4.78 is 0. The summed E-state index contributed by atoms with van der Waals surface area (Å²) in [5, 5.41) is 0. The van der Waals surface area contributed by atoms with Crippen molar-refractivity contribution in [3.8, 4) is 0 Å². The fourth-order valence-electron chi connectivity index (χ4n) is 2.04. The Bertz CT molecular complexity index is 238. The van der Waals surface area contributed by atoms with Crippen LogP contribution >= 0.6 is 0 Å². The lowest BCUT2D eigenvalue weighted by Gasteiger charge is -2.22. The number of unbranched alkanes of at least 4 members (excludes halogenated alkanes) is 1. The van der Waals surface area contributed by atoms with E-state index in [4.69, 9.17) is 0 Å². The van der Waals surface area contributed by atoms with Crippen molar-refractivity contribution < 1.29 is 4.79 Å². The number of hydrogen-bond acceptors (Lipinski definition) is 1. The van der Waals surface area contributed by atoms with Gasteiger partial charge >= 0.3 is 0 Å². The molecule has 0 aromatic rings. The van der Waals surface area contributed by atoms with Gasteiger partial charge in [-0.1, -0.05) is 44.1 Å². The Balaban J connectivity index is 2.53. The van der Waals surface area contributed by atoms with Gasteiger partial charge in [-0.15, -0.1) is 0 Å². The molecule has 2 unspecified atom stereocenters. The first-order valence-corrected chi connectivity index (χ1v) is 5.59. The zero-order chi connectivity index (χ0) is 10.4. The topological polar surface area (TPSA) is 17.1 Å². The van der Waals surface area contributed by atoms with E-state index in [9.17, 15) is 4.79 Å². The van der Waals surface area contributed by atoms with Crippen LogP contribution in [-0.4, -0.2) is 5.78 Å². The van der Waals surface area contributed by atoms with Crippen LogP contribution in [0.25, 0.3) is 0 Å². The van der Waals surface area contributed by atoms with Gasteiger partial charge in [-0.25, -0.2) is 0 Å². The number of hydrogen-bond donors (Lipinski definition) is 0. The lowest BCUT2D eigenvalue weighted by atomic mass is 9.81. The van der Waals surface area contributed by atoms with Crippen LogP contribution in [0.2, 0.25) is 0 Å². The molecule has 1 aliphatic carbocycles. The van der Waals surface area contributed by atoms with Crippen LogP contribution in [0.4, 0.5) is 0 Å². The Morgan fingerprint density at radius 1 is 1.50 bits per heavy atom. The molecule has 0 bridgehead atoms. The Morgan fingerprint density at radius 2 is 2.29 bits per heavy atom. The van der Waals surface area contributed by atoms with Gasteiger partial charge in [0.1, 0.15) is 5.78 Å². The fourth-order valence-corrected chi connectivity index (χ4v) is 2.04. The molecule has 0 saturated heterocycles. The first kappa shape index (κ1) is 11.2. The molecule has 0 heterocycles. The molecule has 1 heteroatoms. The average molecular weight is 192 g/mol. The monoisotopic (exact) mass is 192 g/mol. The smallest absolute Gasteiger partial charge is 0.133 e. The van der Waals surface area contributed by atoms with Crippen LogP contribution in [0.3, 0.4) is 0 Å². The molecule has 14 heavy (non-hydrogen) atoms. The van der Waals surface area contributed by atoms with Gasteiger partial charge in [0.05, 0.1) is 0 Å². The van der Waals surface area contributed by atoms with Gasteiger partial charge in [-0.3, -0.25) is 4.79 Å². The molecule has 0 amide bonds. The SMILES string of the molecule is CCCCC(C(C)=O)C1C=CC=CC1. The number of ketones is 1. The van der Waals surface area contributed by atoms with Crippen molar-refractivity contribution in [2.45, 2.75) is 39.5 Å². The summed E-state index contributed by atoms with van der Waals surface area (Å²) in [6.45, 7) is 3.90. The zero-order valence-electron chi connectivity index (χ0n) is 9.20. The number of allylic oxidation sites excluding steroid dienone is 4. The maximum Gasteiger partial charge on any atom is 0.133 e. The normalized spacial score (nSPS) is 22.3. The Morgan fingerprint density at radius 3 is 2.79 bits per heavy atom. The predicted molar refractivity (Wildman–Crippen MR) is 60.1 cm³/mol. The highest BCUT2D eigenvalue weighted by atomic mass is 16.1. The number of rotatable bonds is 5. The third kappa shape index (κ3) is 3.13. The van der Waals surface area contributed by atoms with E-state index in [-0.39, 0.29) is 5.92 Å². The van der Waals surface area contributed by atoms with Crippen molar-refractivity contribution >= 4 is 5.78 Å². The molecular weight excluding hydrogens is 172 g/mol. The predicted octanol–water partition coefficient (Wildman–Crippen LogP) is 3.51. The van der Waals surface area contributed by atoms with Gasteiger partial charge in [0.15, 0.2) is 0 Å². The van der Waals surface area contributed by atoms with E-state index in [1.165, 1.54) is 6.42 Å². The molecule has 0 fully saturated rings. The first-order valence-electron chi connectivity index (χ1n) is 5.59. The molecular formula is C13H20O. The third-order valence-electron chi connectivity index (χ3n) is 2.92. The quantitative estimate of drug-likeness (QED) is 0.651. The van der Waals surface area contributed by atoms with E-state index in [0.29, 0.717) is 11.7 Å². The molecule has 0 N–H and O–H groups in total. The van der Waals surface area contributed by atoms with Crippen LogP contribution < -0.4 is 0 Å². The summed E-state index contributed by atoms with van der Waals surface area (Å²) >= 11 is 0. The molecule has 2 atom stereocenters. The van der Waals surface area contributed by atoms with Crippen LogP contribution in [0.15, 0.2) is 24.3 Å². The lowest BCUT2D eigenvalue weighted by Crippen LogP contribution is -2.20. The number of carbonyl (C=O) groups excluding carboxylic acids is 1. The standard InChI is InChI=1S/C13H20O/c1-3-4-10-13(11(2)14)12-8-6-5-7-9-12/h5-8,12-13H,3-4,9-10H2,1-2H3. The second-order valence-corrected chi connectivity index (χ2v) is 4.07. The summed E-state index contributed by atoms with van der Waals surface area (Å²) in [4.78, 5) is 11.5. The molecule has 0 radical (unpaired) electrons. The molecule has 0 aromatic carbocycles. The average Bonchev–Trinajstić information content (AvgIpc) is 2.19. The van der Waals surface area contributed by atoms with Gasteiger partial charge in [-0.05, 0) is 25.7 Å². The van der Waals surface area contributed by atoms with Crippen LogP contribution in [0.5, 0.6) is 0 Å². The molecule has 1 rings (SSSR count). The lowest BCUT2D eigenvalue weighted by molar-refractivity contribution is -0.122. The minimum Gasteiger partial charge on any atom is -0.300 e. The van der Waals surface area contributed by atoms with Crippen LogP contribution in [0.1, 0.15) is 39.5 Å². The first-order chi connectivity index (χ1) is 6.75. The highest BCUT2D eigenvalue weighted by Gasteiger charge is 2.22. The highest BCUT2D eigenvalue weighted by molar-refractivity contribution is 5.78. The second-order valence-electron chi connectivity index (χ2n) is 4.07. The van der Waals surface area contributed by atoms with Crippen molar-refractivity contribution in [2.24, 2.45) is 11.8 Å². The van der Waals surface area contributed by atoms with E-state index < -0.39 is 0 Å². The van der Waals surface area contributed by atoms with Crippen molar-refractivity contribution in [3.63, 3.8) is 0 Å². The summed E-state index contributed by atoms with van der Waals surface area (Å²) in [7, 11) is 0. The number of Topliss-reactive ketones (excluding diaryl/α,β-unsaturated/α-hetero) is 1. The minimum atomic E-state index is 0.246. The summed E-state index contributed by atoms with van der Waals surface area (Å²) in [5.74, 6) is 1.04.